The van der Waals surface area contributed by atoms with E-state index in [0.29, 0.717) is 26.4 Å². The van der Waals surface area contributed by atoms with Crippen molar-refractivity contribution < 1.29 is 19.8 Å². The highest BCUT2D eigenvalue weighted by Gasteiger charge is 2.40. The van der Waals surface area contributed by atoms with E-state index in [0.717, 1.165) is 42.9 Å². The first kappa shape index (κ1) is 21.3. The number of aliphatic hydroxyl groups is 1. The number of hydrogen-bond donors (Lipinski definition) is 2. The van der Waals surface area contributed by atoms with Gasteiger partial charge in [0.05, 0.1) is 19.3 Å². The minimum atomic E-state index is -1.02. The van der Waals surface area contributed by atoms with Crippen molar-refractivity contribution in [2.45, 2.75) is 64.6 Å². The van der Waals surface area contributed by atoms with E-state index in [1.54, 1.807) is 0 Å². The van der Waals surface area contributed by atoms with E-state index >= 15 is 0 Å². The topological polar surface area (TPSA) is 65.4 Å². The summed E-state index contributed by atoms with van der Waals surface area (Å²) in [6.45, 7) is 7.11. The van der Waals surface area contributed by atoms with E-state index in [2.05, 4.69) is 18.7 Å². The van der Waals surface area contributed by atoms with E-state index < -0.39 is 12.5 Å². The van der Waals surface area contributed by atoms with Crippen molar-refractivity contribution in [3.05, 3.63) is 35.9 Å². The number of nitrogens with zero attached hydrogens (tertiary/aromatic N) is 2. The van der Waals surface area contributed by atoms with Gasteiger partial charge in [0.15, 0.2) is 0 Å². The van der Waals surface area contributed by atoms with Gasteiger partial charge in [-0.15, -0.1) is 5.06 Å². The van der Waals surface area contributed by atoms with E-state index in [1.165, 1.54) is 0 Å². The Balaban J connectivity index is 1.93. The molecule has 0 amide bonds. The van der Waals surface area contributed by atoms with Crippen LogP contribution in [0.15, 0.2) is 30.3 Å². The molecule has 2 rings (SSSR count). The lowest BCUT2D eigenvalue weighted by atomic mass is 10.1. The van der Waals surface area contributed by atoms with Gasteiger partial charge in [-0.2, -0.15) is 0 Å². The molecule has 1 aromatic carbocycles. The zero-order chi connectivity index (χ0) is 18.8. The molecule has 1 aromatic rings. The smallest absolute Gasteiger partial charge is 0.150 e. The third-order valence-corrected chi connectivity index (χ3v) is 4.78. The Morgan fingerprint density at radius 1 is 1.12 bits per heavy atom. The number of ether oxygens (including phenoxy) is 2. The molecular weight excluding hydrogens is 332 g/mol. The Morgan fingerprint density at radius 3 is 2.54 bits per heavy atom. The van der Waals surface area contributed by atoms with E-state index in [1.807, 2.05) is 30.3 Å². The van der Waals surface area contributed by atoms with E-state index in [-0.39, 0.29) is 6.04 Å². The van der Waals surface area contributed by atoms with Crippen LogP contribution in [0.3, 0.4) is 0 Å². The fourth-order valence-electron chi connectivity index (χ4n) is 3.13. The lowest BCUT2D eigenvalue weighted by molar-refractivity contribution is -0.324. The van der Waals surface area contributed by atoms with Gasteiger partial charge < -0.3 is 19.8 Å². The molecule has 0 saturated carbocycles. The number of unbranched alkanes of at least 4 members (excludes halogenated alkanes) is 2. The molecule has 1 aliphatic heterocycles. The average molecular weight is 367 g/mol. The second-order valence-electron chi connectivity index (χ2n) is 6.89. The second-order valence-corrected chi connectivity index (χ2v) is 6.89. The molecule has 1 heterocycles. The molecule has 0 spiro atoms. The largest absolute Gasteiger partial charge is 0.375 e. The van der Waals surface area contributed by atoms with Crippen LogP contribution in [-0.4, -0.2) is 65.1 Å². The molecule has 3 atom stereocenters. The average Bonchev–Trinajstić information content (AvgIpc) is 2.66. The molecule has 148 valence electrons. The summed E-state index contributed by atoms with van der Waals surface area (Å²) in [7, 11) is 0. The van der Waals surface area contributed by atoms with Gasteiger partial charge in [0, 0.05) is 13.2 Å². The summed E-state index contributed by atoms with van der Waals surface area (Å²) in [4.78, 5) is 2.18. The number of hydrogen-bond acceptors (Lipinski definition) is 6. The lowest BCUT2D eigenvalue weighted by Gasteiger charge is -2.46. The summed E-state index contributed by atoms with van der Waals surface area (Å²) in [5, 5.41) is 21.9. The summed E-state index contributed by atoms with van der Waals surface area (Å²) in [5.41, 5.74) is 1.10. The molecule has 2 N–H and O–H groups in total. The van der Waals surface area contributed by atoms with Crippen molar-refractivity contribution in [1.29, 1.82) is 0 Å². The third-order valence-electron chi connectivity index (χ3n) is 4.78. The van der Waals surface area contributed by atoms with Crippen LogP contribution in [0, 0.1) is 0 Å². The molecule has 0 radical (unpaired) electrons. The normalized spacial score (nSPS) is 24.8. The molecule has 1 aliphatic rings. The highest BCUT2D eigenvalue weighted by molar-refractivity contribution is 5.13. The summed E-state index contributed by atoms with van der Waals surface area (Å²) in [6.07, 6.45) is 2.57. The highest BCUT2D eigenvalue weighted by atomic mass is 16.6. The molecule has 0 bridgehead atoms. The van der Waals surface area contributed by atoms with Crippen LogP contribution in [-0.2, 0) is 16.1 Å². The van der Waals surface area contributed by atoms with Gasteiger partial charge in [0.25, 0.3) is 0 Å². The van der Waals surface area contributed by atoms with Crippen molar-refractivity contribution in [1.82, 2.24) is 9.96 Å². The van der Waals surface area contributed by atoms with Gasteiger partial charge >= 0.3 is 0 Å². The molecule has 1 fully saturated rings. The zero-order valence-electron chi connectivity index (χ0n) is 16.1. The van der Waals surface area contributed by atoms with Crippen LogP contribution in [0.2, 0.25) is 0 Å². The van der Waals surface area contributed by atoms with Gasteiger partial charge in [-0.25, -0.2) is 0 Å². The maximum Gasteiger partial charge on any atom is 0.150 e. The molecule has 0 aliphatic carbocycles. The van der Waals surface area contributed by atoms with Gasteiger partial charge in [-0.1, -0.05) is 57.0 Å². The third kappa shape index (κ3) is 6.30. The first-order valence-electron chi connectivity index (χ1n) is 9.80. The van der Waals surface area contributed by atoms with Crippen LogP contribution >= 0.6 is 0 Å². The van der Waals surface area contributed by atoms with Gasteiger partial charge in [-0.3, -0.25) is 4.90 Å². The van der Waals surface area contributed by atoms with Crippen LogP contribution in [0.5, 0.6) is 0 Å². The van der Waals surface area contributed by atoms with Crippen molar-refractivity contribution in [2.24, 2.45) is 0 Å². The lowest BCUT2D eigenvalue weighted by Crippen LogP contribution is -2.65. The monoisotopic (exact) mass is 366 g/mol. The molecule has 26 heavy (non-hydrogen) atoms. The number of aliphatic hydroxyl groups excluding tert-OH is 1. The molecule has 0 unspecified atom stereocenters. The maximum atomic E-state index is 10.6. The Kier molecular flexibility index (Phi) is 9.53. The predicted octanol–water partition coefficient (Wildman–Crippen LogP) is 2.84. The molecular formula is C20H34N2O4. The Bertz CT molecular complexity index is 488. The fourth-order valence-corrected chi connectivity index (χ4v) is 3.13. The SMILES string of the molecule is CCCCO[C@H]1CN(CCCC)[C@H](COCc2ccccc2)[C@@H](O)N1O. The number of rotatable bonds is 11. The van der Waals surface area contributed by atoms with Crippen molar-refractivity contribution in [3.63, 3.8) is 0 Å². The maximum absolute atomic E-state index is 10.6. The van der Waals surface area contributed by atoms with Gasteiger partial charge in [-0.05, 0) is 24.9 Å². The van der Waals surface area contributed by atoms with Gasteiger partial charge in [0.2, 0.25) is 0 Å². The Morgan fingerprint density at radius 2 is 1.85 bits per heavy atom. The fraction of sp³-hybridized carbons (Fsp3) is 0.700. The highest BCUT2D eigenvalue weighted by Crippen LogP contribution is 2.21. The summed E-state index contributed by atoms with van der Waals surface area (Å²) in [6, 6.07) is 9.69. The first-order valence-corrected chi connectivity index (χ1v) is 9.80. The minimum absolute atomic E-state index is 0.277. The van der Waals surface area contributed by atoms with E-state index in [9.17, 15) is 10.3 Å². The summed E-state index contributed by atoms with van der Waals surface area (Å²) < 4.78 is 11.6. The van der Waals surface area contributed by atoms with Crippen LogP contribution < -0.4 is 0 Å². The number of piperazine rings is 1. The second kappa shape index (κ2) is 11.6. The minimum Gasteiger partial charge on any atom is -0.375 e. The summed E-state index contributed by atoms with van der Waals surface area (Å²) >= 11 is 0. The van der Waals surface area contributed by atoms with Crippen molar-refractivity contribution in [2.75, 3.05) is 26.3 Å². The first-order chi connectivity index (χ1) is 12.7. The van der Waals surface area contributed by atoms with Gasteiger partial charge in [0.1, 0.15) is 12.5 Å². The zero-order valence-corrected chi connectivity index (χ0v) is 16.1. The van der Waals surface area contributed by atoms with Crippen LogP contribution in [0.4, 0.5) is 0 Å². The molecule has 6 nitrogen and oxygen atoms in total. The standard InChI is InChI=1S/C20H34N2O4/c1-3-5-12-21-14-19(26-13-6-4-2)22(24)20(23)18(21)16-25-15-17-10-8-7-9-11-17/h7-11,18-20,23-24H,3-6,12-16H2,1-2H3/t18-,19+,20-/m1/s1. The molecule has 0 aromatic heterocycles. The van der Waals surface area contributed by atoms with Crippen molar-refractivity contribution in [3.8, 4) is 0 Å². The Labute approximate surface area is 157 Å². The molecule has 1 saturated heterocycles. The predicted molar refractivity (Wildman–Crippen MR) is 101 cm³/mol. The number of hydroxylamine groups is 2. The van der Waals surface area contributed by atoms with Crippen LogP contribution in [0.25, 0.3) is 0 Å². The van der Waals surface area contributed by atoms with Crippen molar-refractivity contribution >= 4 is 0 Å². The van der Waals surface area contributed by atoms with E-state index in [4.69, 9.17) is 9.47 Å². The van der Waals surface area contributed by atoms with Crippen LogP contribution in [0.1, 0.15) is 45.1 Å². The number of benzene rings is 1. The molecule has 6 heteroatoms. The Hall–Kier alpha value is -1.02. The quantitative estimate of drug-likeness (QED) is 0.587. The summed E-state index contributed by atoms with van der Waals surface area (Å²) in [5.74, 6) is 0.